The lowest BCUT2D eigenvalue weighted by Crippen LogP contribution is -2.46. The second-order valence-electron chi connectivity index (χ2n) is 17.5. The molecule has 0 heterocycles. The van der Waals surface area contributed by atoms with Crippen LogP contribution in [0, 0.1) is 0 Å². The molecule has 0 aliphatic carbocycles. The third-order valence-corrected chi connectivity index (χ3v) is 11.3. The summed E-state index contributed by atoms with van der Waals surface area (Å²) in [7, 11) is 0. The maximum Gasteiger partial charge on any atom is 0.306 e. The summed E-state index contributed by atoms with van der Waals surface area (Å²) in [6, 6.07) is -0.746. The molecule has 0 fully saturated rings. The molecule has 0 bridgehead atoms. The summed E-state index contributed by atoms with van der Waals surface area (Å²) >= 11 is 0. The largest absolute Gasteiger partial charge is 0.461 e. The number of ether oxygens (including phenoxy) is 1. The van der Waals surface area contributed by atoms with Crippen molar-refractivity contribution >= 4 is 11.9 Å². The van der Waals surface area contributed by atoms with Crippen molar-refractivity contribution in [3.8, 4) is 0 Å². The Hall–Kier alpha value is -3.48. The first kappa shape index (κ1) is 61.5. The zero-order chi connectivity index (χ0) is 47.4. The summed E-state index contributed by atoms with van der Waals surface area (Å²) in [5.41, 5.74) is 0. The van der Waals surface area contributed by atoms with E-state index in [-0.39, 0.29) is 24.9 Å². The highest BCUT2D eigenvalue weighted by atomic mass is 16.5. The van der Waals surface area contributed by atoms with Gasteiger partial charge < -0.3 is 20.3 Å². The maximum atomic E-state index is 13.2. The monoisotopic (exact) mass is 902 g/mol. The highest BCUT2D eigenvalue weighted by Gasteiger charge is 2.23. The molecule has 0 aromatic heterocycles. The van der Waals surface area contributed by atoms with Crippen molar-refractivity contribution in [1.82, 2.24) is 5.32 Å². The zero-order valence-corrected chi connectivity index (χ0v) is 42.1. The van der Waals surface area contributed by atoms with Crippen LogP contribution in [0.1, 0.15) is 226 Å². The number of carbonyl (C=O) groups excluding carboxylic acids is 2. The number of allylic oxidation sites excluding steroid dienone is 17. The number of aliphatic hydroxyl groups excluding tert-OH is 2. The molecule has 0 aliphatic heterocycles. The molecule has 370 valence electrons. The van der Waals surface area contributed by atoms with Crippen molar-refractivity contribution in [2.75, 3.05) is 6.61 Å². The van der Waals surface area contributed by atoms with Gasteiger partial charge in [0.1, 0.15) is 6.10 Å². The summed E-state index contributed by atoms with van der Waals surface area (Å²) in [4.78, 5) is 26.1. The summed E-state index contributed by atoms with van der Waals surface area (Å²) in [5.74, 6) is -0.624. The van der Waals surface area contributed by atoms with Gasteiger partial charge in [-0.2, -0.15) is 0 Å². The fourth-order valence-corrected chi connectivity index (χ4v) is 7.38. The Kier molecular flexibility index (Phi) is 48.7. The second-order valence-corrected chi connectivity index (χ2v) is 17.5. The molecule has 0 aliphatic rings. The number of hydrogen-bond acceptors (Lipinski definition) is 5. The number of aliphatic hydroxyl groups is 2. The minimum atomic E-state index is -0.824. The number of nitrogens with one attached hydrogen (secondary N) is 1. The molecule has 0 saturated heterocycles. The first-order chi connectivity index (χ1) is 32.0. The van der Waals surface area contributed by atoms with Crippen LogP contribution in [0.15, 0.2) is 109 Å². The van der Waals surface area contributed by atoms with E-state index in [0.717, 1.165) is 103 Å². The molecule has 3 unspecified atom stereocenters. The number of unbranched alkanes of at least 4 members (excludes halogenated alkanes) is 17. The van der Waals surface area contributed by atoms with E-state index in [0.29, 0.717) is 19.3 Å². The van der Waals surface area contributed by atoms with Crippen LogP contribution >= 0.6 is 0 Å². The molecule has 6 heteroatoms. The van der Waals surface area contributed by atoms with E-state index in [1.807, 2.05) is 12.2 Å². The smallest absolute Gasteiger partial charge is 0.306 e. The molecule has 1 amide bonds. The first-order valence-corrected chi connectivity index (χ1v) is 26.6. The van der Waals surface area contributed by atoms with Crippen LogP contribution in [0.25, 0.3) is 0 Å². The highest BCUT2D eigenvalue weighted by Crippen LogP contribution is 2.16. The lowest BCUT2D eigenvalue weighted by Gasteiger charge is -2.24. The van der Waals surface area contributed by atoms with Gasteiger partial charge in [-0.15, -0.1) is 0 Å². The van der Waals surface area contributed by atoms with Crippen LogP contribution in [0.5, 0.6) is 0 Å². The standard InChI is InChI=1S/C59H99NO5/c1-4-7-10-13-16-19-22-25-28-31-34-37-40-43-46-49-52-59(64)65-55(50-47-44-41-38-35-32-29-26-23-20-17-14-11-8-5-2)53-58(63)60-56(54-61)57(62)51-48-45-42-39-36-33-30-27-24-21-18-15-12-9-6-3/h7-8,10-11,16-17,19-20,25-26,28-29,34-35,37-38,44,47,55-57,61-62H,4-6,9,12-15,18,21-24,27,30-33,36,39-43,45-46,48-54H2,1-3H3,(H,60,63)/b10-7+,11-8-,19-16+,20-17-,28-25+,29-26-,37-34+,38-35-,47-44-. The van der Waals surface area contributed by atoms with Crippen molar-refractivity contribution in [1.29, 1.82) is 0 Å². The predicted molar refractivity (Wildman–Crippen MR) is 282 cm³/mol. The topological polar surface area (TPSA) is 95.9 Å². The van der Waals surface area contributed by atoms with Gasteiger partial charge in [0, 0.05) is 12.8 Å². The second kappa shape index (κ2) is 51.5. The molecule has 0 spiro atoms. The molecular weight excluding hydrogens is 803 g/mol. The van der Waals surface area contributed by atoms with Gasteiger partial charge in [0.15, 0.2) is 0 Å². The summed E-state index contributed by atoms with van der Waals surface area (Å²) in [6.07, 6.45) is 70.2. The predicted octanol–water partition coefficient (Wildman–Crippen LogP) is 16.3. The van der Waals surface area contributed by atoms with Gasteiger partial charge in [-0.25, -0.2) is 0 Å². The molecular formula is C59H99NO5. The van der Waals surface area contributed by atoms with E-state index in [1.165, 1.54) is 77.0 Å². The van der Waals surface area contributed by atoms with Crippen LogP contribution in [-0.4, -0.2) is 46.9 Å². The van der Waals surface area contributed by atoms with Crippen LogP contribution in [0.4, 0.5) is 0 Å². The van der Waals surface area contributed by atoms with E-state index in [4.69, 9.17) is 4.74 Å². The van der Waals surface area contributed by atoms with Crippen LogP contribution < -0.4 is 5.32 Å². The minimum Gasteiger partial charge on any atom is -0.461 e. The molecule has 65 heavy (non-hydrogen) atoms. The van der Waals surface area contributed by atoms with Gasteiger partial charge >= 0.3 is 5.97 Å². The fraction of sp³-hybridized carbons (Fsp3) is 0.661. The van der Waals surface area contributed by atoms with E-state index < -0.39 is 18.2 Å². The zero-order valence-electron chi connectivity index (χ0n) is 42.1. The van der Waals surface area contributed by atoms with Gasteiger partial charge in [0.05, 0.1) is 25.2 Å². The quantitative estimate of drug-likeness (QED) is 0.0321. The normalized spacial score (nSPS) is 14.1. The van der Waals surface area contributed by atoms with Crippen LogP contribution in [0.3, 0.4) is 0 Å². The third-order valence-electron chi connectivity index (χ3n) is 11.3. The Labute approximate surface area is 400 Å². The number of carbonyl (C=O) groups is 2. The Balaban J connectivity index is 4.77. The summed E-state index contributed by atoms with van der Waals surface area (Å²) in [6.45, 7) is 6.22. The van der Waals surface area contributed by atoms with Gasteiger partial charge in [-0.3, -0.25) is 9.59 Å². The molecule has 0 aromatic carbocycles. The number of amides is 1. The van der Waals surface area contributed by atoms with Crippen molar-refractivity contribution in [3.05, 3.63) is 109 Å². The minimum absolute atomic E-state index is 0.0198. The molecule has 0 radical (unpaired) electrons. The summed E-state index contributed by atoms with van der Waals surface area (Å²) in [5, 5.41) is 23.8. The molecule has 0 aromatic rings. The van der Waals surface area contributed by atoms with E-state index in [1.54, 1.807) is 0 Å². The lowest BCUT2D eigenvalue weighted by molar-refractivity contribution is -0.150. The lowest BCUT2D eigenvalue weighted by atomic mass is 10.0. The van der Waals surface area contributed by atoms with Crippen LogP contribution in [-0.2, 0) is 14.3 Å². The van der Waals surface area contributed by atoms with E-state index >= 15 is 0 Å². The van der Waals surface area contributed by atoms with E-state index in [2.05, 4.69) is 123 Å². The van der Waals surface area contributed by atoms with Gasteiger partial charge in [-0.05, 0) is 83.5 Å². The number of rotatable bonds is 46. The fourth-order valence-electron chi connectivity index (χ4n) is 7.38. The third kappa shape index (κ3) is 46.8. The molecule has 0 rings (SSSR count). The molecule has 3 N–H and O–H groups in total. The average molecular weight is 902 g/mol. The number of hydrogen-bond donors (Lipinski definition) is 3. The van der Waals surface area contributed by atoms with E-state index in [9.17, 15) is 19.8 Å². The average Bonchev–Trinajstić information content (AvgIpc) is 3.30. The molecule has 0 saturated carbocycles. The Morgan fingerprint density at radius 3 is 1.29 bits per heavy atom. The van der Waals surface area contributed by atoms with Crippen molar-refractivity contribution in [2.45, 2.75) is 244 Å². The maximum absolute atomic E-state index is 13.2. The molecule has 3 atom stereocenters. The van der Waals surface area contributed by atoms with Crippen molar-refractivity contribution in [3.63, 3.8) is 0 Å². The molecule has 6 nitrogen and oxygen atoms in total. The number of esters is 1. The van der Waals surface area contributed by atoms with Crippen molar-refractivity contribution in [2.24, 2.45) is 0 Å². The van der Waals surface area contributed by atoms with Crippen molar-refractivity contribution < 1.29 is 24.5 Å². The van der Waals surface area contributed by atoms with Gasteiger partial charge in [0.2, 0.25) is 5.91 Å². The van der Waals surface area contributed by atoms with Crippen LogP contribution in [0.2, 0.25) is 0 Å². The summed E-state index contributed by atoms with van der Waals surface area (Å²) < 4.78 is 5.86. The first-order valence-electron chi connectivity index (χ1n) is 26.6. The Morgan fingerprint density at radius 2 is 0.862 bits per heavy atom. The Bertz CT molecular complexity index is 1330. The Morgan fingerprint density at radius 1 is 0.477 bits per heavy atom. The highest BCUT2D eigenvalue weighted by molar-refractivity contribution is 5.77. The van der Waals surface area contributed by atoms with Gasteiger partial charge in [0.25, 0.3) is 0 Å². The SMILES string of the molecule is CC/C=C\C/C=C\C/C=C\C/C=C\C/C=C\CC(CC(=O)NC(CO)C(O)CCCCCCCCCCCCCCCCC)OC(=O)CCCCC/C=C/C/C=C/C/C=C/C/C=C/CC. The van der Waals surface area contributed by atoms with Gasteiger partial charge in [-0.1, -0.05) is 233 Å².